The maximum Gasteiger partial charge on any atom is 0.137 e. The van der Waals surface area contributed by atoms with Gasteiger partial charge in [-0.1, -0.05) is 6.92 Å². The number of likely N-dealkylation sites (N-methyl/N-ethyl adjacent to an activating group) is 1. The molecule has 1 N–H and O–H groups in total. The molecule has 0 aliphatic heterocycles. The number of ether oxygens (including phenoxy) is 2. The minimum absolute atomic E-state index is 0.122. The largest absolute Gasteiger partial charge is 0.492 e. The highest BCUT2D eigenvalue weighted by Crippen LogP contribution is 2.20. The van der Waals surface area contributed by atoms with E-state index in [0.29, 0.717) is 13.2 Å². The molecule has 1 heterocycles. The van der Waals surface area contributed by atoms with E-state index >= 15 is 0 Å². The molecule has 0 bridgehead atoms. The molecule has 1 aromatic rings. The molecule has 1 rings (SSSR count). The Morgan fingerprint density at radius 2 is 2.05 bits per heavy atom. The van der Waals surface area contributed by atoms with Gasteiger partial charge in [0.25, 0.3) is 0 Å². The van der Waals surface area contributed by atoms with Crippen molar-refractivity contribution in [3.63, 3.8) is 0 Å². The van der Waals surface area contributed by atoms with Crippen molar-refractivity contribution in [3.05, 3.63) is 24.0 Å². The third-order valence-corrected chi connectivity index (χ3v) is 2.64. The van der Waals surface area contributed by atoms with Gasteiger partial charge < -0.3 is 14.8 Å². The number of hydrogen-bond donors (Lipinski definition) is 1. The number of nitrogens with zero attached hydrogens (tertiary/aromatic N) is 1. The summed E-state index contributed by atoms with van der Waals surface area (Å²) in [6.07, 6.45) is 4.59. The van der Waals surface area contributed by atoms with Crippen LogP contribution in [0, 0.1) is 0 Å². The van der Waals surface area contributed by atoms with Gasteiger partial charge in [0.2, 0.25) is 0 Å². The van der Waals surface area contributed by atoms with Crippen molar-refractivity contribution in [2.24, 2.45) is 0 Å². The quantitative estimate of drug-likeness (QED) is 0.824. The normalized spacial score (nSPS) is 13.3. The lowest BCUT2D eigenvalue weighted by molar-refractivity contribution is -0.0139. The summed E-state index contributed by atoms with van der Waals surface area (Å²) in [5, 5.41) is 3.25. The molecule has 0 radical (unpaired) electrons. The van der Waals surface area contributed by atoms with Crippen molar-refractivity contribution in [2.75, 3.05) is 20.3 Å². The molecule has 0 saturated carbocycles. The van der Waals surface area contributed by atoms with Crippen molar-refractivity contribution < 1.29 is 9.47 Å². The van der Waals surface area contributed by atoms with E-state index in [9.17, 15) is 0 Å². The van der Waals surface area contributed by atoms with Gasteiger partial charge in [0.1, 0.15) is 5.75 Å². The molecular weight excluding hydrogens is 240 g/mol. The second-order valence-corrected chi connectivity index (χ2v) is 5.57. The van der Waals surface area contributed by atoms with E-state index in [1.54, 1.807) is 6.20 Å². The molecule has 1 unspecified atom stereocenters. The van der Waals surface area contributed by atoms with Gasteiger partial charge in [-0.25, -0.2) is 0 Å². The van der Waals surface area contributed by atoms with Crippen LogP contribution in [0.3, 0.4) is 0 Å². The minimum Gasteiger partial charge on any atom is -0.492 e. The van der Waals surface area contributed by atoms with E-state index < -0.39 is 0 Å². The van der Waals surface area contributed by atoms with Crippen LogP contribution in [0.15, 0.2) is 18.5 Å². The van der Waals surface area contributed by atoms with Crippen LogP contribution in [-0.2, 0) is 4.74 Å². The highest BCUT2D eigenvalue weighted by Gasteiger charge is 2.16. The Hall–Kier alpha value is -1.13. The zero-order valence-corrected chi connectivity index (χ0v) is 12.7. The molecule has 0 aromatic carbocycles. The van der Waals surface area contributed by atoms with E-state index in [1.165, 1.54) is 0 Å². The van der Waals surface area contributed by atoms with E-state index in [4.69, 9.17) is 9.47 Å². The predicted octanol–water partition coefficient (Wildman–Crippen LogP) is 2.95. The lowest BCUT2D eigenvalue weighted by Gasteiger charge is -2.24. The fourth-order valence-electron chi connectivity index (χ4n) is 1.60. The van der Waals surface area contributed by atoms with E-state index in [0.717, 1.165) is 17.7 Å². The number of hydrogen-bond acceptors (Lipinski definition) is 4. The van der Waals surface area contributed by atoms with Crippen molar-refractivity contribution in [2.45, 2.75) is 45.8 Å². The van der Waals surface area contributed by atoms with Crippen LogP contribution in [0.25, 0.3) is 0 Å². The molecular formula is C15H26N2O2. The molecule has 0 saturated heterocycles. The Bertz CT molecular complexity index is 375. The maximum atomic E-state index is 5.83. The van der Waals surface area contributed by atoms with Gasteiger partial charge in [0.05, 0.1) is 31.1 Å². The van der Waals surface area contributed by atoms with Crippen LogP contribution < -0.4 is 10.1 Å². The number of pyridine rings is 1. The van der Waals surface area contributed by atoms with Crippen LogP contribution >= 0.6 is 0 Å². The topological polar surface area (TPSA) is 43.4 Å². The molecule has 4 heteroatoms. The third kappa shape index (κ3) is 6.03. The molecule has 4 nitrogen and oxygen atoms in total. The van der Waals surface area contributed by atoms with Crippen molar-refractivity contribution in [1.82, 2.24) is 10.3 Å². The van der Waals surface area contributed by atoms with Gasteiger partial charge in [0.15, 0.2) is 0 Å². The summed E-state index contributed by atoms with van der Waals surface area (Å²) in [6, 6.07) is 2.15. The molecule has 1 atom stereocenters. The molecule has 0 fully saturated rings. The summed E-state index contributed by atoms with van der Waals surface area (Å²) in [6.45, 7) is 9.58. The SMILES string of the molecule is CCCOc1cncc(C(COC(C)(C)C)NC)c1. The van der Waals surface area contributed by atoms with E-state index in [-0.39, 0.29) is 11.6 Å². The van der Waals surface area contributed by atoms with Gasteiger partial charge in [0, 0.05) is 6.20 Å². The van der Waals surface area contributed by atoms with Gasteiger partial charge in [-0.05, 0) is 45.9 Å². The predicted molar refractivity (Wildman–Crippen MR) is 77.5 cm³/mol. The number of rotatable bonds is 7. The summed E-state index contributed by atoms with van der Waals surface area (Å²) in [5.74, 6) is 0.815. The summed E-state index contributed by atoms with van der Waals surface area (Å²) in [7, 11) is 1.93. The highest BCUT2D eigenvalue weighted by atomic mass is 16.5. The zero-order valence-electron chi connectivity index (χ0n) is 12.7. The summed E-state index contributed by atoms with van der Waals surface area (Å²) in [4.78, 5) is 4.23. The number of aromatic nitrogens is 1. The molecule has 0 spiro atoms. The standard InChI is InChI=1S/C15H26N2O2/c1-6-7-18-13-8-12(9-17-10-13)14(16-5)11-19-15(2,3)4/h8-10,14,16H,6-7,11H2,1-5H3. The fourth-order valence-corrected chi connectivity index (χ4v) is 1.60. The molecule has 19 heavy (non-hydrogen) atoms. The van der Waals surface area contributed by atoms with Crippen molar-refractivity contribution in [3.8, 4) is 5.75 Å². The minimum atomic E-state index is -0.140. The van der Waals surface area contributed by atoms with E-state index in [2.05, 4.69) is 38.0 Å². The van der Waals surface area contributed by atoms with Crippen LogP contribution in [0.2, 0.25) is 0 Å². The van der Waals surface area contributed by atoms with Gasteiger partial charge in [-0.15, -0.1) is 0 Å². The lowest BCUT2D eigenvalue weighted by Crippen LogP contribution is -2.28. The zero-order chi connectivity index (χ0) is 14.3. The molecule has 108 valence electrons. The first-order valence-corrected chi connectivity index (χ1v) is 6.85. The summed E-state index contributed by atoms with van der Waals surface area (Å²) >= 11 is 0. The third-order valence-electron chi connectivity index (χ3n) is 2.64. The van der Waals surface area contributed by atoms with Crippen LogP contribution in [0.4, 0.5) is 0 Å². The first-order valence-electron chi connectivity index (χ1n) is 6.85. The van der Waals surface area contributed by atoms with Crippen molar-refractivity contribution >= 4 is 0 Å². The van der Waals surface area contributed by atoms with Gasteiger partial charge >= 0.3 is 0 Å². The molecule has 0 amide bonds. The first-order chi connectivity index (χ1) is 8.96. The summed E-state index contributed by atoms with van der Waals surface area (Å²) in [5.41, 5.74) is 0.944. The molecule has 0 aliphatic carbocycles. The Balaban J connectivity index is 2.69. The smallest absolute Gasteiger partial charge is 0.137 e. The molecule has 1 aromatic heterocycles. The van der Waals surface area contributed by atoms with Gasteiger partial charge in [-0.2, -0.15) is 0 Å². The number of nitrogens with one attached hydrogen (secondary N) is 1. The molecule has 0 aliphatic rings. The maximum absolute atomic E-state index is 5.83. The second kappa shape index (κ2) is 7.46. The lowest BCUT2D eigenvalue weighted by atomic mass is 10.1. The van der Waals surface area contributed by atoms with Gasteiger partial charge in [-0.3, -0.25) is 4.98 Å². The average molecular weight is 266 g/mol. The average Bonchev–Trinajstić information content (AvgIpc) is 2.36. The van der Waals surface area contributed by atoms with Crippen molar-refractivity contribution in [1.29, 1.82) is 0 Å². The monoisotopic (exact) mass is 266 g/mol. The Morgan fingerprint density at radius 3 is 2.63 bits per heavy atom. The van der Waals surface area contributed by atoms with Crippen LogP contribution in [0.5, 0.6) is 5.75 Å². The second-order valence-electron chi connectivity index (χ2n) is 5.57. The van der Waals surface area contributed by atoms with Crippen LogP contribution in [0.1, 0.15) is 45.7 Å². The highest BCUT2D eigenvalue weighted by molar-refractivity contribution is 5.26. The Kier molecular flexibility index (Phi) is 6.25. The van der Waals surface area contributed by atoms with Crippen LogP contribution in [-0.4, -0.2) is 30.8 Å². The first kappa shape index (κ1) is 15.9. The van der Waals surface area contributed by atoms with E-state index in [1.807, 2.05) is 19.3 Å². The Morgan fingerprint density at radius 1 is 1.32 bits per heavy atom. The fraction of sp³-hybridized carbons (Fsp3) is 0.667. The Labute approximate surface area is 116 Å². The summed E-state index contributed by atoms with van der Waals surface area (Å²) < 4.78 is 11.4.